The summed E-state index contributed by atoms with van der Waals surface area (Å²) in [4.78, 5) is 67.7. The summed E-state index contributed by atoms with van der Waals surface area (Å²) in [6, 6.07) is -4.65. The number of H-pyrrole nitrogens is 1. The number of amides is 4. The van der Waals surface area contributed by atoms with Crippen LogP contribution in [0.4, 0.5) is 0 Å². The van der Waals surface area contributed by atoms with Gasteiger partial charge in [-0.3, -0.25) is 19.2 Å². The van der Waals surface area contributed by atoms with Crippen molar-refractivity contribution in [3.05, 3.63) is 18.2 Å². The largest absolute Gasteiger partial charge is 0.480 e. The van der Waals surface area contributed by atoms with Gasteiger partial charge in [0.2, 0.25) is 23.6 Å². The standard InChI is InChI=1S/C20H33N7O6S/c1-10(2)16(20(32)33)27-19(31)14(7-15(22)28)26-18(30)13(4-5-34-3)25-17(29)12(21)6-11-8-23-9-24-11/h8-10,12-14,16H,4-7,21H2,1-3H3,(H2,22,28)(H,23,24)(H,25,29)(H,26,30)(H,27,31)(H,32,33). The summed E-state index contributed by atoms with van der Waals surface area (Å²) in [6.07, 6.45) is 4.64. The molecule has 4 amide bonds. The molecule has 0 aliphatic heterocycles. The zero-order chi connectivity index (χ0) is 25.8. The van der Waals surface area contributed by atoms with Crippen molar-refractivity contribution >= 4 is 41.4 Å². The van der Waals surface area contributed by atoms with Crippen molar-refractivity contribution in [3.63, 3.8) is 0 Å². The second-order valence-corrected chi connectivity index (χ2v) is 9.02. The Kier molecular flexibility index (Phi) is 12.1. The van der Waals surface area contributed by atoms with Crippen LogP contribution >= 0.6 is 11.8 Å². The van der Waals surface area contributed by atoms with Crippen molar-refractivity contribution < 1.29 is 29.1 Å². The molecule has 1 rings (SSSR count). The molecule has 0 saturated carbocycles. The number of carboxylic acid groups (broad SMARTS) is 1. The highest BCUT2D eigenvalue weighted by atomic mass is 32.2. The fraction of sp³-hybridized carbons (Fsp3) is 0.600. The van der Waals surface area contributed by atoms with Gasteiger partial charge in [0.05, 0.1) is 18.8 Å². The third-order valence-electron chi connectivity index (χ3n) is 4.84. The minimum Gasteiger partial charge on any atom is -0.480 e. The molecule has 0 aromatic carbocycles. The number of nitrogens with two attached hydrogens (primary N) is 2. The van der Waals surface area contributed by atoms with Crippen molar-refractivity contribution in [2.45, 2.75) is 57.3 Å². The Labute approximate surface area is 201 Å². The van der Waals surface area contributed by atoms with E-state index in [-0.39, 0.29) is 12.8 Å². The number of hydrogen-bond donors (Lipinski definition) is 7. The average molecular weight is 500 g/mol. The van der Waals surface area contributed by atoms with E-state index in [2.05, 4.69) is 25.9 Å². The quantitative estimate of drug-likeness (QED) is 0.143. The molecule has 0 bridgehead atoms. The summed E-state index contributed by atoms with van der Waals surface area (Å²) in [5.74, 6) is -4.26. The first-order valence-corrected chi connectivity index (χ1v) is 12.0. The van der Waals surface area contributed by atoms with Crippen LogP contribution in [0.25, 0.3) is 0 Å². The molecule has 1 heterocycles. The Balaban J connectivity index is 2.93. The predicted octanol–water partition coefficient (Wildman–Crippen LogP) is -1.90. The second-order valence-electron chi connectivity index (χ2n) is 8.03. The SMILES string of the molecule is CSCCC(NC(=O)C(N)Cc1cnc[nH]1)C(=O)NC(CC(N)=O)C(=O)NC(C(=O)O)C(C)C. The fourth-order valence-corrected chi connectivity index (χ4v) is 3.43. The number of aromatic nitrogens is 2. The molecule has 1 aromatic rings. The molecule has 0 spiro atoms. The zero-order valence-corrected chi connectivity index (χ0v) is 20.2. The molecule has 0 radical (unpaired) electrons. The molecule has 0 fully saturated rings. The first-order valence-electron chi connectivity index (χ1n) is 10.6. The van der Waals surface area contributed by atoms with Gasteiger partial charge in [-0.15, -0.1) is 0 Å². The summed E-state index contributed by atoms with van der Waals surface area (Å²) in [5, 5.41) is 16.6. The number of carboxylic acids is 1. The van der Waals surface area contributed by atoms with Crippen LogP contribution in [0.15, 0.2) is 12.5 Å². The summed E-state index contributed by atoms with van der Waals surface area (Å²) in [5.41, 5.74) is 11.8. The van der Waals surface area contributed by atoms with Crippen molar-refractivity contribution in [2.24, 2.45) is 17.4 Å². The number of nitrogens with zero attached hydrogens (tertiary/aromatic N) is 1. The maximum atomic E-state index is 12.9. The molecule has 190 valence electrons. The number of rotatable bonds is 15. The first-order chi connectivity index (χ1) is 16.0. The van der Waals surface area contributed by atoms with E-state index in [9.17, 15) is 29.1 Å². The molecular weight excluding hydrogens is 466 g/mol. The van der Waals surface area contributed by atoms with Gasteiger partial charge >= 0.3 is 5.97 Å². The van der Waals surface area contributed by atoms with E-state index in [4.69, 9.17) is 11.5 Å². The van der Waals surface area contributed by atoms with Gasteiger partial charge in [0.15, 0.2) is 0 Å². The van der Waals surface area contributed by atoms with Crippen LogP contribution in [-0.4, -0.2) is 80.8 Å². The number of thioether (sulfide) groups is 1. The summed E-state index contributed by atoms with van der Waals surface area (Å²) in [6.45, 7) is 3.20. The van der Waals surface area contributed by atoms with Gasteiger partial charge in [-0.05, 0) is 24.3 Å². The fourth-order valence-electron chi connectivity index (χ4n) is 2.96. The van der Waals surface area contributed by atoms with Crippen molar-refractivity contribution in [1.82, 2.24) is 25.9 Å². The van der Waals surface area contributed by atoms with Gasteiger partial charge in [0.25, 0.3) is 0 Å². The summed E-state index contributed by atoms with van der Waals surface area (Å²) in [7, 11) is 0. The van der Waals surface area contributed by atoms with Crippen LogP contribution in [0.5, 0.6) is 0 Å². The highest BCUT2D eigenvalue weighted by molar-refractivity contribution is 7.98. The molecule has 4 unspecified atom stereocenters. The molecule has 4 atom stereocenters. The highest BCUT2D eigenvalue weighted by Crippen LogP contribution is 2.06. The van der Waals surface area contributed by atoms with Gasteiger partial charge in [-0.2, -0.15) is 11.8 Å². The van der Waals surface area contributed by atoms with Crippen molar-refractivity contribution in [1.29, 1.82) is 0 Å². The molecule has 1 aromatic heterocycles. The van der Waals surface area contributed by atoms with Gasteiger partial charge < -0.3 is 37.5 Å². The molecule has 9 N–H and O–H groups in total. The van der Waals surface area contributed by atoms with Crippen LogP contribution in [-0.2, 0) is 30.4 Å². The maximum absolute atomic E-state index is 12.9. The van der Waals surface area contributed by atoms with Gasteiger partial charge in [0, 0.05) is 18.3 Å². The number of nitrogens with one attached hydrogen (secondary N) is 4. The zero-order valence-electron chi connectivity index (χ0n) is 19.4. The smallest absolute Gasteiger partial charge is 0.326 e. The first kappa shape index (κ1) is 28.9. The lowest BCUT2D eigenvalue weighted by Gasteiger charge is -2.25. The topological polar surface area (TPSA) is 222 Å². The maximum Gasteiger partial charge on any atom is 0.326 e. The highest BCUT2D eigenvalue weighted by Gasteiger charge is 2.32. The molecule has 0 aliphatic rings. The minimum atomic E-state index is -1.42. The van der Waals surface area contributed by atoms with E-state index in [1.54, 1.807) is 13.8 Å². The van der Waals surface area contributed by atoms with E-state index in [0.717, 1.165) is 0 Å². The third-order valence-corrected chi connectivity index (χ3v) is 5.49. The Morgan fingerprint density at radius 2 is 1.71 bits per heavy atom. The van der Waals surface area contributed by atoms with E-state index < -0.39 is 66.1 Å². The van der Waals surface area contributed by atoms with Crippen LogP contribution in [0, 0.1) is 5.92 Å². The monoisotopic (exact) mass is 499 g/mol. The summed E-state index contributed by atoms with van der Waals surface area (Å²) < 4.78 is 0. The predicted molar refractivity (Wildman–Crippen MR) is 125 cm³/mol. The van der Waals surface area contributed by atoms with Gasteiger partial charge in [-0.1, -0.05) is 13.8 Å². The number of imidazole rings is 1. The molecule has 0 saturated heterocycles. The second kappa shape index (κ2) is 14.2. The van der Waals surface area contributed by atoms with E-state index in [1.807, 2.05) is 6.26 Å². The molecule has 14 heteroatoms. The number of aliphatic carboxylic acids is 1. The lowest BCUT2D eigenvalue weighted by atomic mass is 10.0. The van der Waals surface area contributed by atoms with Gasteiger partial charge in [0.1, 0.15) is 18.1 Å². The Bertz CT molecular complexity index is 848. The third kappa shape index (κ3) is 9.79. The summed E-state index contributed by atoms with van der Waals surface area (Å²) >= 11 is 1.44. The number of carbonyl (C=O) groups is 5. The van der Waals surface area contributed by atoms with E-state index in [1.165, 1.54) is 24.3 Å². The lowest BCUT2D eigenvalue weighted by Crippen LogP contribution is -2.58. The normalized spacial score (nSPS) is 14.5. The van der Waals surface area contributed by atoms with E-state index >= 15 is 0 Å². The molecule has 34 heavy (non-hydrogen) atoms. The molecular formula is C20H33N7O6S. The number of hydrogen-bond acceptors (Lipinski definition) is 8. The Hall–Kier alpha value is -3.13. The van der Waals surface area contributed by atoms with Crippen molar-refractivity contribution in [2.75, 3.05) is 12.0 Å². The lowest BCUT2D eigenvalue weighted by molar-refractivity contribution is -0.143. The van der Waals surface area contributed by atoms with Gasteiger partial charge in [-0.25, -0.2) is 9.78 Å². The van der Waals surface area contributed by atoms with Crippen LogP contribution in [0.1, 0.15) is 32.4 Å². The van der Waals surface area contributed by atoms with Crippen LogP contribution in [0.2, 0.25) is 0 Å². The number of primary amides is 1. The van der Waals surface area contributed by atoms with Crippen LogP contribution < -0.4 is 27.4 Å². The van der Waals surface area contributed by atoms with Crippen molar-refractivity contribution in [3.8, 4) is 0 Å². The number of carbonyl (C=O) groups excluding carboxylic acids is 4. The number of aromatic amines is 1. The Morgan fingerprint density at radius 1 is 1.09 bits per heavy atom. The average Bonchev–Trinajstić information content (AvgIpc) is 3.26. The van der Waals surface area contributed by atoms with E-state index in [0.29, 0.717) is 11.4 Å². The Morgan fingerprint density at radius 3 is 2.21 bits per heavy atom. The molecule has 0 aliphatic carbocycles. The van der Waals surface area contributed by atoms with Crippen LogP contribution in [0.3, 0.4) is 0 Å². The minimum absolute atomic E-state index is 0.168. The molecule has 13 nitrogen and oxygen atoms in total.